The third-order valence-corrected chi connectivity index (χ3v) is 8.73. The standard InChI is InChI=1S/C32H67O4P/c1-5-8-11-14-16-17-18-20-23-26-29-32(4,36-37(33,34)35)30-31(27-24-21-13-10-7-3)28-25-22-19-15-12-9-6-2/h31H,5-30H2,1-4H3,(H2,33,34,35). The van der Waals surface area contributed by atoms with Crippen LogP contribution < -0.4 is 0 Å². The van der Waals surface area contributed by atoms with Gasteiger partial charge in [0.15, 0.2) is 0 Å². The fourth-order valence-corrected chi connectivity index (χ4v) is 6.58. The van der Waals surface area contributed by atoms with Crippen LogP contribution in [-0.4, -0.2) is 15.4 Å². The molecule has 0 saturated heterocycles. The summed E-state index contributed by atoms with van der Waals surface area (Å²) >= 11 is 0. The Balaban J connectivity index is 4.69. The molecule has 0 rings (SSSR count). The molecule has 224 valence electrons. The number of hydrogen-bond donors (Lipinski definition) is 2. The molecule has 0 bridgehead atoms. The predicted octanol–water partition coefficient (Wildman–Crippen LogP) is 11.7. The van der Waals surface area contributed by atoms with Gasteiger partial charge in [-0.1, -0.05) is 175 Å². The van der Waals surface area contributed by atoms with Crippen molar-refractivity contribution >= 4 is 7.82 Å². The van der Waals surface area contributed by atoms with Crippen LogP contribution in [-0.2, 0) is 9.09 Å². The quantitative estimate of drug-likeness (QED) is 0.0723. The number of rotatable bonds is 29. The molecule has 0 aliphatic rings. The second-order valence-electron chi connectivity index (χ2n) is 12.1. The van der Waals surface area contributed by atoms with Gasteiger partial charge in [0, 0.05) is 0 Å². The van der Waals surface area contributed by atoms with Gasteiger partial charge in [0.1, 0.15) is 0 Å². The summed E-state index contributed by atoms with van der Waals surface area (Å²) in [4.78, 5) is 19.4. The lowest BCUT2D eigenvalue weighted by molar-refractivity contribution is 0.0162. The Bertz CT molecular complexity index is 521. The SMILES string of the molecule is CCCCCCCCCCCCC(C)(CC(CCCCCCC)CCCCCCCCC)OP(=O)(O)O. The molecule has 0 saturated carbocycles. The van der Waals surface area contributed by atoms with Crippen LogP contribution in [0.25, 0.3) is 0 Å². The molecule has 0 aromatic carbocycles. The third kappa shape index (κ3) is 26.1. The summed E-state index contributed by atoms with van der Waals surface area (Å²) in [6.45, 7) is 8.74. The van der Waals surface area contributed by atoms with Crippen molar-refractivity contribution in [3.05, 3.63) is 0 Å². The minimum atomic E-state index is -4.51. The van der Waals surface area contributed by atoms with Gasteiger partial charge in [-0.05, 0) is 25.7 Å². The van der Waals surface area contributed by atoms with Gasteiger partial charge in [0.05, 0.1) is 5.60 Å². The first-order chi connectivity index (χ1) is 17.8. The summed E-state index contributed by atoms with van der Waals surface area (Å²) in [5, 5.41) is 0. The molecule has 2 unspecified atom stereocenters. The lowest BCUT2D eigenvalue weighted by atomic mass is 9.82. The van der Waals surface area contributed by atoms with Crippen LogP contribution in [0, 0.1) is 5.92 Å². The van der Waals surface area contributed by atoms with Crippen LogP contribution in [0.1, 0.15) is 195 Å². The molecule has 0 aliphatic carbocycles. The van der Waals surface area contributed by atoms with Crippen molar-refractivity contribution in [3.8, 4) is 0 Å². The third-order valence-electron chi connectivity index (χ3n) is 8.05. The van der Waals surface area contributed by atoms with E-state index in [2.05, 4.69) is 20.8 Å². The zero-order valence-electron chi connectivity index (χ0n) is 25.6. The van der Waals surface area contributed by atoms with Crippen LogP contribution in [0.15, 0.2) is 0 Å². The summed E-state index contributed by atoms with van der Waals surface area (Å²) in [5.41, 5.74) is -0.728. The van der Waals surface area contributed by atoms with E-state index >= 15 is 0 Å². The lowest BCUT2D eigenvalue weighted by Crippen LogP contribution is -2.31. The van der Waals surface area contributed by atoms with Gasteiger partial charge in [0.25, 0.3) is 0 Å². The van der Waals surface area contributed by atoms with Gasteiger partial charge >= 0.3 is 7.82 Å². The Morgan fingerprint density at radius 3 is 1.24 bits per heavy atom. The maximum absolute atomic E-state index is 11.9. The highest BCUT2D eigenvalue weighted by atomic mass is 31.2. The average molecular weight is 547 g/mol. The summed E-state index contributed by atoms with van der Waals surface area (Å²) in [6.07, 6.45) is 32.1. The van der Waals surface area contributed by atoms with E-state index in [4.69, 9.17) is 4.52 Å². The summed E-state index contributed by atoms with van der Waals surface area (Å²) in [5.74, 6) is 0.497. The molecule has 37 heavy (non-hydrogen) atoms. The molecule has 0 aliphatic heterocycles. The van der Waals surface area contributed by atoms with Crippen molar-refractivity contribution in [1.82, 2.24) is 0 Å². The van der Waals surface area contributed by atoms with Crippen molar-refractivity contribution in [2.45, 2.75) is 200 Å². The average Bonchev–Trinajstić information content (AvgIpc) is 2.83. The highest BCUT2D eigenvalue weighted by molar-refractivity contribution is 7.46. The largest absolute Gasteiger partial charge is 0.470 e. The fraction of sp³-hybridized carbons (Fsp3) is 1.00. The molecular formula is C32H67O4P. The number of hydrogen-bond acceptors (Lipinski definition) is 2. The van der Waals surface area contributed by atoms with Crippen molar-refractivity contribution < 1.29 is 18.9 Å². The highest BCUT2D eigenvalue weighted by Gasteiger charge is 2.35. The lowest BCUT2D eigenvalue weighted by Gasteiger charge is -2.34. The van der Waals surface area contributed by atoms with E-state index in [9.17, 15) is 14.4 Å². The predicted molar refractivity (Wildman–Crippen MR) is 162 cm³/mol. The van der Waals surface area contributed by atoms with Gasteiger partial charge in [-0.3, -0.25) is 4.52 Å². The molecule has 0 aromatic rings. The molecule has 0 heterocycles. The van der Waals surface area contributed by atoms with Crippen molar-refractivity contribution in [3.63, 3.8) is 0 Å². The van der Waals surface area contributed by atoms with Crippen LogP contribution in [0.5, 0.6) is 0 Å². The van der Waals surface area contributed by atoms with E-state index < -0.39 is 13.4 Å². The number of phosphoric ester groups is 1. The molecule has 0 radical (unpaired) electrons. The minimum absolute atomic E-state index is 0.497. The van der Waals surface area contributed by atoms with E-state index in [1.54, 1.807) is 0 Å². The zero-order valence-corrected chi connectivity index (χ0v) is 26.5. The fourth-order valence-electron chi connectivity index (χ4n) is 5.84. The van der Waals surface area contributed by atoms with Crippen LogP contribution in [0.2, 0.25) is 0 Å². The van der Waals surface area contributed by atoms with Gasteiger partial charge in [-0.15, -0.1) is 0 Å². The Hall–Kier alpha value is 0.110. The maximum Gasteiger partial charge on any atom is 0.470 e. The van der Waals surface area contributed by atoms with E-state index in [0.717, 1.165) is 32.1 Å². The topological polar surface area (TPSA) is 66.8 Å². The Morgan fingerprint density at radius 1 is 0.568 bits per heavy atom. The van der Waals surface area contributed by atoms with E-state index in [1.807, 2.05) is 6.92 Å². The second kappa shape index (κ2) is 25.1. The maximum atomic E-state index is 11.9. The van der Waals surface area contributed by atoms with Crippen molar-refractivity contribution in [2.24, 2.45) is 5.92 Å². The first kappa shape index (κ1) is 37.1. The van der Waals surface area contributed by atoms with Crippen LogP contribution in [0.3, 0.4) is 0 Å². The second-order valence-corrected chi connectivity index (χ2v) is 13.3. The number of phosphoric acid groups is 1. The monoisotopic (exact) mass is 546 g/mol. The summed E-state index contributed by atoms with van der Waals surface area (Å²) in [6, 6.07) is 0. The minimum Gasteiger partial charge on any atom is -0.303 e. The first-order valence-electron chi connectivity index (χ1n) is 16.5. The van der Waals surface area contributed by atoms with Gasteiger partial charge in [-0.25, -0.2) is 4.57 Å². The molecule has 0 aromatic heterocycles. The van der Waals surface area contributed by atoms with E-state index in [0.29, 0.717) is 5.92 Å². The van der Waals surface area contributed by atoms with Gasteiger partial charge in [0.2, 0.25) is 0 Å². The smallest absolute Gasteiger partial charge is 0.303 e. The van der Waals surface area contributed by atoms with E-state index in [1.165, 1.54) is 135 Å². The molecule has 2 atom stereocenters. The van der Waals surface area contributed by atoms with E-state index in [-0.39, 0.29) is 0 Å². The molecule has 0 spiro atoms. The molecular weight excluding hydrogens is 479 g/mol. The van der Waals surface area contributed by atoms with Crippen molar-refractivity contribution in [1.29, 1.82) is 0 Å². The Kier molecular flexibility index (Phi) is 25.2. The molecule has 2 N–H and O–H groups in total. The van der Waals surface area contributed by atoms with Crippen LogP contribution in [0.4, 0.5) is 0 Å². The Morgan fingerprint density at radius 2 is 0.892 bits per heavy atom. The van der Waals surface area contributed by atoms with Gasteiger partial charge in [-0.2, -0.15) is 0 Å². The first-order valence-corrected chi connectivity index (χ1v) is 18.1. The Labute approximate surface area is 232 Å². The molecule has 0 fully saturated rings. The highest BCUT2D eigenvalue weighted by Crippen LogP contribution is 2.46. The number of unbranched alkanes of at least 4 members (excludes halogenated alkanes) is 19. The molecule has 4 nitrogen and oxygen atoms in total. The van der Waals surface area contributed by atoms with Crippen LogP contribution >= 0.6 is 7.82 Å². The normalized spacial score (nSPS) is 14.6. The van der Waals surface area contributed by atoms with Crippen molar-refractivity contribution in [2.75, 3.05) is 0 Å². The summed E-state index contributed by atoms with van der Waals surface area (Å²) in [7, 11) is -4.51. The van der Waals surface area contributed by atoms with Gasteiger partial charge < -0.3 is 9.79 Å². The summed E-state index contributed by atoms with van der Waals surface area (Å²) < 4.78 is 17.4. The molecule has 0 amide bonds. The molecule has 5 heteroatoms. The zero-order chi connectivity index (χ0) is 27.7.